The van der Waals surface area contributed by atoms with Gasteiger partial charge in [0.25, 0.3) is 0 Å². The SMILES string of the molecule is Cc1cc(-c2cc(C=O)ccc2F)c(C)cc1Cl. The number of carbonyl (C=O) groups is 1. The largest absolute Gasteiger partial charge is 0.298 e. The molecule has 0 atom stereocenters. The molecule has 2 rings (SSSR count). The van der Waals surface area contributed by atoms with Gasteiger partial charge in [0.15, 0.2) is 0 Å². The van der Waals surface area contributed by atoms with Crippen molar-refractivity contribution >= 4 is 17.9 Å². The molecule has 2 aromatic rings. The molecule has 0 unspecified atom stereocenters. The summed E-state index contributed by atoms with van der Waals surface area (Å²) in [6.45, 7) is 3.74. The van der Waals surface area contributed by atoms with Gasteiger partial charge in [-0.3, -0.25) is 4.79 Å². The van der Waals surface area contributed by atoms with Gasteiger partial charge in [-0.25, -0.2) is 4.39 Å². The third-order valence-electron chi connectivity index (χ3n) is 2.92. The van der Waals surface area contributed by atoms with E-state index in [0.29, 0.717) is 22.4 Å². The molecule has 0 heterocycles. The van der Waals surface area contributed by atoms with E-state index in [9.17, 15) is 9.18 Å². The summed E-state index contributed by atoms with van der Waals surface area (Å²) in [6.07, 6.45) is 0.709. The molecule has 0 aliphatic carbocycles. The molecule has 2 aromatic carbocycles. The molecule has 1 nitrogen and oxygen atoms in total. The van der Waals surface area contributed by atoms with Gasteiger partial charge < -0.3 is 0 Å². The Morgan fingerprint density at radius 2 is 1.78 bits per heavy atom. The second-order valence-corrected chi connectivity index (χ2v) is 4.68. The van der Waals surface area contributed by atoms with Crippen LogP contribution in [0, 0.1) is 19.7 Å². The zero-order valence-corrected chi connectivity index (χ0v) is 10.9. The average molecular weight is 263 g/mol. The van der Waals surface area contributed by atoms with E-state index in [1.807, 2.05) is 19.9 Å². The van der Waals surface area contributed by atoms with Crippen molar-refractivity contribution in [2.24, 2.45) is 0 Å². The predicted molar refractivity (Wildman–Crippen MR) is 71.7 cm³/mol. The molecule has 18 heavy (non-hydrogen) atoms. The highest BCUT2D eigenvalue weighted by Crippen LogP contribution is 2.30. The zero-order valence-electron chi connectivity index (χ0n) is 10.1. The van der Waals surface area contributed by atoms with Crippen LogP contribution >= 0.6 is 11.6 Å². The van der Waals surface area contributed by atoms with Crippen LogP contribution in [-0.4, -0.2) is 6.29 Å². The molecule has 0 aliphatic rings. The van der Waals surface area contributed by atoms with E-state index < -0.39 is 0 Å². The van der Waals surface area contributed by atoms with E-state index in [1.165, 1.54) is 12.1 Å². The maximum Gasteiger partial charge on any atom is 0.150 e. The Balaban J connectivity index is 2.68. The number of carbonyl (C=O) groups excluding carboxylic acids is 1. The molecule has 0 fully saturated rings. The van der Waals surface area contributed by atoms with E-state index in [-0.39, 0.29) is 5.82 Å². The van der Waals surface area contributed by atoms with Crippen LogP contribution in [0.4, 0.5) is 4.39 Å². The lowest BCUT2D eigenvalue weighted by Crippen LogP contribution is -1.92. The first-order valence-electron chi connectivity index (χ1n) is 5.55. The number of aldehydes is 1. The summed E-state index contributed by atoms with van der Waals surface area (Å²) in [4.78, 5) is 10.8. The zero-order chi connectivity index (χ0) is 13.3. The fourth-order valence-electron chi connectivity index (χ4n) is 1.89. The van der Waals surface area contributed by atoms with E-state index in [1.54, 1.807) is 12.1 Å². The minimum Gasteiger partial charge on any atom is -0.298 e. The number of rotatable bonds is 2. The van der Waals surface area contributed by atoms with Gasteiger partial charge in [0.1, 0.15) is 12.1 Å². The van der Waals surface area contributed by atoms with Gasteiger partial charge in [0, 0.05) is 16.1 Å². The van der Waals surface area contributed by atoms with Crippen LogP contribution in [0.5, 0.6) is 0 Å². The Morgan fingerprint density at radius 1 is 1.06 bits per heavy atom. The molecule has 0 saturated carbocycles. The van der Waals surface area contributed by atoms with E-state index >= 15 is 0 Å². The standard InChI is InChI=1S/C15H12ClFO/c1-9-6-14(16)10(2)5-12(9)13-7-11(8-18)3-4-15(13)17/h3-8H,1-2H3. The van der Waals surface area contributed by atoms with E-state index in [0.717, 1.165) is 16.7 Å². The number of hydrogen-bond donors (Lipinski definition) is 0. The molecule has 0 radical (unpaired) electrons. The fraction of sp³-hybridized carbons (Fsp3) is 0.133. The van der Waals surface area contributed by atoms with Crippen LogP contribution in [-0.2, 0) is 0 Å². The summed E-state index contributed by atoms with van der Waals surface area (Å²) >= 11 is 6.02. The highest BCUT2D eigenvalue weighted by Gasteiger charge is 2.10. The van der Waals surface area contributed by atoms with Crippen molar-refractivity contribution in [3.05, 3.63) is 57.9 Å². The molecule has 0 aliphatic heterocycles. The monoisotopic (exact) mass is 262 g/mol. The highest BCUT2D eigenvalue weighted by atomic mass is 35.5. The normalized spacial score (nSPS) is 10.4. The third-order valence-corrected chi connectivity index (χ3v) is 3.33. The van der Waals surface area contributed by atoms with E-state index in [4.69, 9.17) is 11.6 Å². The van der Waals surface area contributed by atoms with Crippen molar-refractivity contribution in [2.45, 2.75) is 13.8 Å². The highest BCUT2D eigenvalue weighted by molar-refractivity contribution is 6.31. The lowest BCUT2D eigenvalue weighted by molar-refractivity contribution is 0.112. The first-order chi connectivity index (χ1) is 8.52. The van der Waals surface area contributed by atoms with Crippen molar-refractivity contribution in [3.63, 3.8) is 0 Å². The summed E-state index contributed by atoms with van der Waals surface area (Å²) < 4.78 is 13.9. The summed E-state index contributed by atoms with van der Waals surface area (Å²) in [5, 5.41) is 0.656. The fourth-order valence-corrected chi connectivity index (χ4v) is 2.11. The molecule has 3 heteroatoms. The quantitative estimate of drug-likeness (QED) is 0.724. The van der Waals surface area contributed by atoms with Crippen molar-refractivity contribution in [1.29, 1.82) is 0 Å². The molecule has 0 saturated heterocycles. The van der Waals surface area contributed by atoms with Crippen LogP contribution in [0.25, 0.3) is 11.1 Å². The van der Waals surface area contributed by atoms with Gasteiger partial charge in [0.2, 0.25) is 0 Å². The summed E-state index contributed by atoms with van der Waals surface area (Å²) in [5.74, 6) is -0.342. The number of aryl methyl sites for hydroxylation is 2. The molecule has 92 valence electrons. The van der Waals surface area contributed by atoms with Crippen LogP contribution < -0.4 is 0 Å². The number of benzene rings is 2. The smallest absolute Gasteiger partial charge is 0.150 e. The number of halogens is 2. The van der Waals surface area contributed by atoms with E-state index in [2.05, 4.69) is 0 Å². The summed E-state index contributed by atoms with van der Waals surface area (Å²) in [6, 6.07) is 7.97. The summed E-state index contributed by atoms with van der Waals surface area (Å²) in [7, 11) is 0. The predicted octanol–water partition coefficient (Wildman–Crippen LogP) is 4.58. The maximum absolute atomic E-state index is 13.9. The number of hydrogen-bond acceptors (Lipinski definition) is 1. The molecular weight excluding hydrogens is 251 g/mol. The lowest BCUT2D eigenvalue weighted by Gasteiger charge is -2.10. The molecule has 0 aromatic heterocycles. The molecule has 0 N–H and O–H groups in total. The van der Waals surface area contributed by atoms with Crippen molar-refractivity contribution in [3.8, 4) is 11.1 Å². The Hall–Kier alpha value is -1.67. The average Bonchev–Trinajstić information content (AvgIpc) is 2.35. The van der Waals surface area contributed by atoms with Crippen LogP contribution in [0.2, 0.25) is 5.02 Å². The van der Waals surface area contributed by atoms with Crippen molar-refractivity contribution < 1.29 is 9.18 Å². The Morgan fingerprint density at radius 3 is 2.44 bits per heavy atom. The Bertz CT molecular complexity index is 620. The van der Waals surface area contributed by atoms with Gasteiger partial charge in [0.05, 0.1) is 0 Å². The second kappa shape index (κ2) is 4.91. The Kier molecular flexibility index (Phi) is 3.48. The second-order valence-electron chi connectivity index (χ2n) is 4.27. The molecule has 0 amide bonds. The summed E-state index contributed by atoms with van der Waals surface area (Å²) in [5.41, 5.74) is 3.41. The first kappa shape index (κ1) is 12.8. The van der Waals surface area contributed by atoms with Crippen LogP contribution in [0.1, 0.15) is 21.5 Å². The Labute approximate surface area is 110 Å². The minimum absolute atomic E-state index is 0.342. The molecule has 0 spiro atoms. The van der Waals surface area contributed by atoms with Gasteiger partial charge in [-0.05, 0) is 60.9 Å². The molecule has 0 bridgehead atoms. The molecular formula is C15H12ClFO. The van der Waals surface area contributed by atoms with Crippen molar-refractivity contribution in [1.82, 2.24) is 0 Å². The van der Waals surface area contributed by atoms with Gasteiger partial charge in [-0.2, -0.15) is 0 Å². The van der Waals surface area contributed by atoms with Gasteiger partial charge >= 0.3 is 0 Å². The maximum atomic E-state index is 13.9. The topological polar surface area (TPSA) is 17.1 Å². The third kappa shape index (κ3) is 2.29. The van der Waals surface area contributed by atoms with Gasteiger partial charge in [-0.1, -0.05) is 11.6 Å². The van der Waals surface area contributed by atoms with Crippen molar-refractivity contribution in [2.75, 3.05) is 0 Å². The van der Waals surface area contributed by atoms with Gasteiger partial charge in [-0.15, -0.1) is 0 Å². The minimum atomic E-state index is -0.342. The van der Waals surface area contributed by atoms with Crippen LogP contribution in [0.3, 0.4) is 0 Å². The lowest BCUT2D eigenvalue weighted by atomic mass is 9.96. The van der Waals surface area contributed by atoms with Crippen LogP contribution in [0.15, 0.2) is 30.3 Å². The first-order valence-corrected chi connectivity index (χ1v) is 5.92.